The van der Waals surface area contributed by atoms with Crippen molar-refractivity contribution in [1.29, 1.82) is 0 Å². The zero-order chi connectivity index (χ0) is 24.1. The molecule has 1 aliphatic heterocycles. The fourth-order valence-corrected chi connectivity index (χ4v) is 5.52. The molecular weight excluding hydrogens is 446 g/mol. The number of nitrogens with one attached hydrogen (secondary N) is 2. The maximum atomic E-state index is 13.0. The van der Waals surface area contributed by atoms with Gasteiger partial charge in [-0.1, -0.05) is 42.5 Å². The Morgan fingerprint density at radius 3 is 2.32 bits per heavy atom. The molecule has 6 nitrogen and oxygen atoms in total. The fourth-order valence-electron chi connectivity index (χ4n) is 4.20. The van der Waals surface area contributed by atoms with E-state index in [-0.39, 0.29) is 10.8 Å². The molecule has 1 saturated heterocycles. The number of aryl methyl sites for hydroxylation is 2. The van der Waals surface area contributed by atoms with Crippen molar-refractivity contribution in [3.8, 4) is 0 Å². The van der Waals surface area contributed by atoms with Crippen LogP contribution in [-0.4, -0.2) is 32.3 Å². The number of carbonyl (C=O) groups is 1. The predicted octanol–water partition coefficient (Wildman–Crippen LogP) is 4.63. The average Bonchev–Trinajstić information content (AvgIpc) is 3.31. The minimum atomic E-state index is -3.83. The molecule has 4 rings (SSSR count). The number of hydrogen-bond donors (Lipinski definition) is 2. The summed E-state index contributed by atoms with van der Waals surface area (Å²) >= 11 is 0. The van der Waals surface area contributed by atoms with Crippen LogP contribution in [0, 0.1) is 13.8 Å². The maximum Gasteiger partial charge on any atom is 0.262 e. The Hall–Kier alpha value is -3.16. The third-order valence-corrected chi connectivity index (χ3v) is 7.61. The maximum absolute atomic E-state index is 13.0. The van der Waals surface area contributed by atoms with Crippen molar-refractivity contribution in [2.24, 2.45) is 0 Å². The van der Waals surface area contributed by atoms with Crippen molar-refractivity contribution in [3.05, 3.63) is 94.5 Å². The van der Waals surface area contributed by atoms with Crippen LogP contribution >= 0.6 is 0 Å². The van der Waals surface area contributed by atoms with E-state index >= 15 is 0 Å². The van der Waals surface area contributed by atoms with E-state index in [1.165, 1.54) is 24.5 Å². The van der Waals surface area contributed by atoms with Gasteiger partial charge in [0.25, 0.3) is 15.9 Å². The standard InChI is InChI=1S/C27H31N3O3S/c1-20-6-5-7-25(16-20)29-34(32,33)26-17-24(13-8-21(26)2)27(31)28-18-22-9-11-23(12-10-22)19-30-14-3-4-15-30/h5-13,16-17,29H,3-4,14-15,18-19H2,1-2H3,(H,28,31). The highest BCUT2D eigenvalue weighted by atomic mass is 32.2. The largest absolute Gasteiger partial charge is 0.348 e. The second-order valence-electron chi connectivity index (χ2n) is 8.94. The highest BCUT2D eigenvalue weighted by Gasteiger charge is 2.19. The van der Waals surface area contributed by atoms with Crippen molar-refractivity contribution >= 4 is 21.6 Å². The number of rotatable bonds is 8. The smallest absolute Gasteiger partial charge is 0.262 e. The molecule has 0 aliphatic carbocycles. The molecule has 3 aromatic carbocycles. The van der Waals surface area contributed by atoms with Gasteiger partial charge < -0.3 is 5.32 Å². The molecule has 178 valence electrons. The number of carbonyl (C=O) groups excluding carboxylic acids is 1. The number of hydrogen-bond acceptors (Lipinski definition) is 4. The molecule has 0 aromatic heterocycles. The summed E-state index contributed by atoms with van der Waals surface area (Å²) in [5.74, 6) is -0.312. The summed E-state index contributed by atoms with van der Waals surface area (Å²) in [7, 11) is -3.83. The molecule has 1 fully saturated rings. The SMILES string of the molecule is Cc1cccc(NS(=O)(=O)c2cc(C(=O)NCc3ccc(CN4CCCC4)cc3)ccc2C)c1. The minimum absolute atomic E-state index is 0.0907. The van der Waals surface area contributed by atoms with Crippen molar-refractivity contribution in [2.45, 2.75) is 44.7 Å². The molecule has 34 heavy (non-hydrogen) atoms. The normalized spacial score (nSPS) is 14.2. The van der Waals surface area contributed by atoms with Gasteiger partial charge in [-0.3, -0.25) is 14.4 Å². The summed E-state index contributed by atoms with van der Waals surface area (Å²) in [5, 5.41) is 2.90. The van der Waals surface area contributed by atoms with Gasteiger partial charge in [-0.15, -0.1) is 0 Å². The summed E-state index contributed by atoms with van der Waals surface area (Å²) < 4.78 is 28.6. The molecular formula is C27H31N3O3S. The van der Waals surface area contributed by atoms with Crippen LogP contribution in [0.3, 0.4) is 0 Å². The van der Waals surface area contributed by atoms with Crippen molar-refractivity contribution in [2.75, 3.05) is 17.8 Å². The molecule has 0 bridgehead atoms. The van der Waals surface area contributed by atoms with E-state index < -0.39 is 10.0 Å². The van der Waals surface area contributed by atoms with E-state index in [2.05, 4.69) is 27.1 Å². The van der Waals surface area contributed by atoms with Gasteiger partial charge in [0.1, 0.15) is 0 Å². The molecule has 2 N–H and O–H groups in total. The Bertz CT molecular complexity index is 1260. The predicted molar refractivity (Wildman–Crippen MR) is 135 cm³/mol. The quantitative estimate of drug-likeness (QED) is 0.496. The highest BCUT2D eigenvalue weighted by molar-refractivity contribution is 7.92. The molecule has 0 saturated carbocycles. The second kappa shape index (κ2) is 10.4. The third kappa shape index (κ3) is 6.04. The molecule has 1 heterocycles. The molecule has 0 spiro atoms. The fraction of sp³-hybridized carbons (Fsp3) is 0.296. The zero-order valence-electron chi connectivity index (χ0n) is 19.7. The average molecular weight is 478 g/mol. The van der Waals surface area contributed by atoms with Crippen LogP contribution in [0.25, 0.3) is 0 Å². The summed E-state index contributed by atoms with van der Waals surface area (Å²) in [6.45, 7) is 7.27. The van der Waals surface area contributed by atoms with E-state index in [1.807, 2.05) is 25.1 Å². The summed E-state index contributed by atoms with van der Waals surface area (Å²) in [4.78, 5) is 15.3. The number of amides is 1. The van der Waals surface area contributed by atoms with Crippen LogP contribution in [0.4, 0.5) is 5.69 Å². The van der Waals surface area contributed by atoms with Crippen LogP contribution in [-0.2, 0) is 23.1 Å². The zero-order valence-corrected chi connectivity index (χ0v) is 20.5. The highest BCUT2D eigenvalue weighted by Crippen LogP contribution is 2.22. The first-order chi connectivity index (χ1) is 16.3. The van der Waals surface area contributed by atoms with E-state index in [0.717, 1.165) is 30.8 Å². The molecule has 0 unspecified atom stereocenters. The Labute approximate surface area is 202 Å². The first-order valence-corrected chi connectivity index (χ1v) is 13.1. The number of benzene rings is 3. The number of likely N-dealkylation sites (tertiary alicyclic amines) is 1. The number of anilines is 1. The van der Waals surface area contributed by atoms with Crippen LogP contribution in [0.2, 0.25) is 0 Å². The van der Waals surface area contributed by atoms with Gasteiger partial charge in [0.15, 0.2) is 0 Å². The van der Waals surface area contributed by atoms with Gasteiger partial charge in [0.2, 0.25) is 0 Å². The van der Waals surface area contributed by atoms with Crippen molar-refractivity contribution in [1.82, 2.24) is 10.2 Å². The Kier molecular flexibility index (Phi) is 7.34. The van der Waals surface area contributed by atoms with Crippen LogP contribution in [0.1, 0.15) is 45.5 Å². The topological polar surface area (TPSA) is 78.5 Å². The van der Waals surface area contributed by atoms with Gasteiger partial charge in [0.05, 0.1) is 4.90 Å². The van der Waals surface area contributed by atoms with Crippen molar-refractivity contribution < 1.29 is 13.2 Å². The lowest BCUT2D eigenvalue weighted by Crippen LogP contribution is -2.24. The molecule has 1 amide bonds. The Balaban J connectivity index is 1.41. The summed E-state index contributed by atoms with van der Waals surface area (Å²) in [6.07, 6.45) is 2.54. The molecule has 7 heteroatoms. The van der Waals surface area contributed by atoms with E-state index in [0.29, 0.717) is 23.4 Å². The first kappa shape index (κ1) is 24.0. The van der Waals surface area contributed by atoms with E-state index in [9.17, 15) is 13.2 Å². The monoisotopic (exact) mass is 477 g/mol. The Morgan fingerprint density at radius 1 is 0.912 bits per heavy atom. The van der Waals surface area contributed by atoms with Gasteiger partial charge in [-0.05, 0) is 86.3 Å². The number of nitrogens with zero attached hydrogens (tertiary/aromatic N) is 1. The second-order valence-corrected chi connectivity index (χ2v) is 10.6. The summed E-state index contributed by atoms with van der Waals surface area (Å²) in [6, 6.07) is 20.2. The van der Waals surface area contributed by atoms with Crippen LogP contribution < -0.4 is 10.0 Å². The van der Waals surface area contributed by atoms with Gasteiger partial charge >= 0.3 is 0 Å². The van der Waals surface area contributed by atoms with Crippen LogP contribution in [0.15, 0.2) is 71.6 Å². The van der Waals surface area contributed by atoms with Gasteiger partial charge in [0, 0.05) is 24.3 Å². The van der Waals surface area contributed by atoms with Crippen LogP contribution in [0.5, 0.6) is 0 Å². The molecule has 0 radical (unpaired) electrons. The third-order valence-electron chi connectivity index (χ3n) is 6.09. The molecule has 3 aromatic rings. The number of sulfonamides is 1. The molecule has 1 aliphatic rings. The molecule has 0 atom stereocenters. The lowest BCUT2D eigenvalue weighted by atomic mass is 10.1. The van der Waals surface area contributed by atoms with E-state index in [4.69, 9.17) is 0 Å². The summed E-state index contributed by atoms with van der Waals surface area (Å²) in [5.41, 5.74) is 4.59. The van der Waals surface area contributed by atoms with Gasteiger partial charge in [-0.25, -0.2) is 8.42 Å². The first-order valence-electron chi connectivity index (χ1n) is 11.6. The van der Waals surface area contributed by atoms with Crippen molar-refractivity contribution in [3.63, 3.8) is 0 Å². The van der Waals surface area contributed by atoms with E-state index in [1.54, 1.807) is 37.3 Å². The minimum Gasteiger partial charge on any atom is -0.348 e. The Morgan fingerprint density at radius 2 is 1.62 bits per heavy atom. The lowest BCUT2D eigenvalue weighted by Gasteiger charge is -2.15. The lowest BCUT2D eigenvalue weighted by molar-refractivity contribution is 0.0950. The van der Waals surface area contributed by atoms with Gasteiger partial charge in [-0.2, -0.15) is 0 Å².